The molecule has 0 N–H and O–H groups in total. The Balaban J connectivity index is 1.59. The Kier molecular flexibility index (Phi) is 4.68. The lowest BCUT2D eigenvalue weighted by Gasteiger charge is -2.65. The van der Waals surface area contributed by atoms with Gasteiger partial charge >= 0.3 is 0 Å². The van der Waals surface area contributed by atoms with E-state index in [0.29, 0.717) is 16.2 Å². The van der Waals surface area contributed by atoms with Crippen molar-refractivity contribution in [3.63, 3.8) is 0 Å². The summed E-state index contributed by atoms with van der Waals surface area (Å²) >= 11 is 0. The Morgan fingerprint density at radius 2 is 1.69 bits per heavy atom. The van der Waals surface area contributed by atoms with Gasteiger partial charge in [0, 0.05) is 0 Å². The molecule has 0 radical (unpaired) electrons. The van der Waals surface area contributed by atoms with Gasteiger partial charge in [0.15, 0.2) is 0 Å². The summed E-state index contributed by atoms with van der Waals surface area (Å²) in [5.74, 6) is 4.98. The molecule has 4 aliphatic carbocycles. The van der Waals surface area contributed by atoms with Gasteiger partial charge in [0.25, 0.3) is 0 Å². The van der Waals surface area contributed by atoms with Gasteiger partial charge in [0.1, 0.15) is 0 Å². The van der Waals surface area contributed by atoms with Crippen LogP contribution in [0.2, 0.25) is 0 Å². The molecule has 4 fully saturated rings. The van der Waals surface area contributed by atoms with E-state index in [2.05, 4.69) is 41.2 Å². The maximum atomic E-state index is 4.26. The lowest BCUT2D eigenvalue weighted by molar-refractivity contribution is -0.161. The largest absolute Gasteiger partial charge is 0.100 e. The van der Waals surface area contributed by atoms with Gasteiger partial charge in [-0.1, -0.05) is 39.7 Å². The molecule has 8 atom stereocenters. The van der Waals surface area contributed by atoms with Crippen LogP contribution >= 0.6 is 0 Å². The molecule has 8 unspecified atom stereocenters. The summed E-state index contributed by atoms with van der Waals surface area (Å²) in [7, 11) is 0. The molecule has 4 saturated carbocycles. The van der Waals surface area contributed by atoms with Crippen molar-refractivity contribution in [2.75, 3.05) is 0 Å². The van der Waals surface area contributed by atoms with Crippen LogP contribution in [0.1, 0.15) is 105 Å². The van der Waals surface area contributed by atoms with Crippen LogP contribution in [0.25, 0.3) is 0 Å². The topological polar surface area (TPSA) is 0 Å². The third-order valence-electron chi connectivity index (χ3n) is 10.8. The van der Waals surface area contributed by atoms with Crippen molar-refractivity contribution in [1.82, 2.24) is 0 Å². The van der Waals surface area contributed by atoms with E-state index in [1.165, 1.54) is 76.2 Å². The summed E-state index contributed by atoms with van der Waals surface area (Å²) in [6.45, 7) is 17.0. The lowest BCUT2D eigenvalue weighted by Crippen LogP contribution is -2.57. The highest BCUT2D eigenvalue weighted by molar-refractivity contribution is 5.13. The van der Waals surface area contributed by atoms with Gasteiger partial charge in [-0.05, 0) is 117 Å². The first-order valence-electron chi connectivity index (χ1n) is 11.9. The molecule has 0 aromatic carbocycles. The van der Waals surface area contributed by atoms with Crippen LogP contribution in [0.3, 0.4) is 0 Å². The molecule has 4 rings (SSSR count). The fourth-order valence-electron chi connectivity index (χ4n) is 8.98. The number of rotatable bonds is 3. The highest BCUT2D eigenvalue weighted by Gasteiger charge is 2.62. The second kappa shape index (κ2) is 6.38. The molecular weight excluding hydrogens is 312 g/mol. The highest BCUT2D eigenvalue weighted by Crippen LogP contribution is 2.71. The predicted octanol–water partition coefficient (Wildman–Crippen LogP) is 8.03. The predicted molar refractivity (Wildman–Crippen MR) is 113 cm³/mol. The maximum Gasteiger partial charge on any atom is -0.0241 e. The fraction of sp³-hybridized carbons (Fsp3) is 0.923. The molecule has 0 saturated heterocycles. The fourth-order valence-corrected chi connectivity index (χ4v) is 8.98. The van der Waals surface area contributed by atoms with Gasteiger partial charge in [-0.3, -0.25) is 0 Å². The summed E-state index contributed by atoms with van der Waals surface area (Å²) in [4.78, 5) is 0. The summed E-state index contributed by atoms with van der Waals surface area (Å²) in [5.41, 5.74) is 3.27. The number of hydrogen-bond donors (Lipinski definition) is 0. The first-order valence-corrected chi connectivity index (χ1v) is 11.9. The minimum Gasteiger partial charge on any atom is -0.100 e. The first-order chi connectivity index (χ1) is 12.2. The molecule has 0 aromatic rings. The van der Waals surface area contributed by atoms with Crippen LogP contribution in [-0.4, -0.2) is 0 Å². The molecule has 0 heteroatoms. The highest BCUT2D eigenvalue weighted by atomic mass is 14.7. The molecule has 0 heterocycles. The zero-order chi connectivity index (χ0) is 18.7. The molecule has 0 amide bonds. The van der Waals surface area contributed by atoms with Crippen LogP contribution in [-0.2, 0) is 0 Å². The quantitative estimate of drug-likeness (QED) is 0.449. The van der Waals surface area contributed by atoms with Crippen molar-refractivity contribution in [2.24, 2.45) is 45.8 Å². The Hall–Kier alpha value is -0.260. The molecular formula is C26H44. The molecule has 0 bridgehead atoms. The van der Waals surface area contributed by atoms with Crippen molar-refractivity contribution in [3.8, 4) is 0 Å². The van der Waals surface area contributed by atoms with E-state index in [1.807, 2.05) is 0 Å². The Labute approximate surface area is 163 Å². The second-order valence-corrected chi connectivity index (χ2v) is 11.9. The molecule has 148 valence electrons. The number of fused-ring (bicyclic) bond motifs is 5. The van der Waals surface area contributed by atoms with Gasteiger partial charge in [-0.25, -0.2) is 0 Å². The van der Waals surface area contributed by atoms with E-state index in [4.69, 9.17) is 0 Å². The normalized spacial score (nSPS) is 53.5. The van der Waals surface area contributed by atoms with Crippen LogP contribution in [0.15, 0.2) is 12.2 Å². The molecule has 0 aliphatic heterocycles. The maximum absolute atomic E-state index is 4.26. The summed E-state index contributed by atoms with van der Waals surface area (Å²) in [6.07, 6.45) is 16.3. The van der Waals surface area contributed by atoms with E-state index in [0.717, 1.165) is 29.6 Å². The number of hydrogen-bond acceptors (Lipinski definition) is 0. The third-order valence-corrected chi connectivity index (χ3v) is 10.8. The van der Waals surface area contributed by atoms with Crippen LogP contribution in [0, 0.1) is 45.8 Å². The molecule has 0 nitrogen and oxygen atoms in total. The molecule has 4 aliphatic rings. The average Bonchev–Trinajstić information content (AvgIpc) is 2.91. The van der Waals surface area contributed by atoms with Gasteiger partial charge in [-0.2, -0.15) is 0 Å². The van der Waals surface area contributed by atoms with Gasteiger partial charge in [0.05, 0.1) is 0 Å². The van der Waals surface area contributed by atoms with E-state index < -0.39 is 0 Å². The van der Waals surface area contributed by atoms with Crippen molar-refractivity contribution in [2.45, 2.75) is 105 Å². The first kappa shape index (κ1) is 19.1. The van der Waals surface area contributed by atoms with Crippen molar-refractivity contribution >= 4 is 0 Å². The standard InChI is InChI=1S/C26H44/c1-7-19-10-15-26(6)23-12-14-25(5)20(16-18(2)3)8-9-22(25)21(23)11-13-24(26,4)17-19/h19-23H,2,7-17H2,1,3-6H3. The Bertz CT molecular complexity index is 560. The summed E-state index contributed by atoms with van der Waals surface area (Å²) in [5, 5.41) is 0. The summed E-state index contributed by atoms with van der Waals surface area (Å²) in [6, 6.07) is 0. The van der Waals surface area contributed by atoms with E-state index >= 15 is 0 Å². The molecule has 0 aromatic heterocycles. The van der Waals surface area contributed by atoms with Gasteiger partial charge in [-0.15, -0.1) is 6.58 Å². The van der Waals surface area contributed by atoms with Gasteiger partial charge in [0.2, 0.25) is 0 Å². The van der Waals surface area contributed by atoms with Crippen molar-refractivity contribution < 1.29 is 0 Å². The Morgan fingerprint density at radius 1 is 0.923 bits per heavy atom. The summed E-state index contributed by atoms with van der Waals surface area (Å²) < 4.78 is 0. The Morgan fingerprint density at radius 3 is 2.38 bits per heavy atom. The van der Waals surface area contributed by atoms with Crippen LogP contribution < -0.4 is 0 Å². The van der Waals surface area contributed by atoms with Crippen molar-refractivity contribution in [1.29, 1.82) is 0 Å². The SMILES string of the molecule is C=C(C)CC1CCC2C3CCC4(C)CC(CC)CCC4(C)C3CCC12C. The van der Waals surface area contributed by atoms with Crippen LogP contribution in [0.5, 0.6) is 0 Å². The van der Waals surface area contributed by atoms with E-state index in [9.17, 15) is 0 Å². The van der Waals surface area contributed by atoms with Gasteiger partial charge < -0.3 is 0 Å². The smallest absolute Gasteiger partial charge is 0.0241 e. The minimum absolute atomic E-state index is 0.616. The average molecular weight is 357 g/mol. The van der Waals surface area contributed by atoms with E-state index in [-0.39, 0.29) is 0 Å². The van der Waals surface area contributed by atoms with E-state index in [1.54, 1.807) is 0 Å². The zero-order valence-corrected chi connectivity index (χ0v) is 18.4. The second-order valence-electron chi connectivity index (χ2n) is 11.9. The third kappa shape index (κ3) is 2.60. The number of allylic oxidation sites excluding steroid dienone is 1. The van der Waals surface area contributed by atoms with Crippen LogP contribution in [0.4, 0.5) is 0 Å². The monoisotopic (exact) mass is 356 g/mol. The van der Waals surface area contributed by atoms with Crippen molar-refractivity contribution in [3.05, 3.63) is 12.2 Å². The molecule has 0 spiro atoms. The minimum atomic E-state index is 0.616. The lowest BCUT2D eigenvalue weighted by atomic mass is 9.39. The zero-order valence-electron chi connectivity index (χ0n) is 18.4. The molecule has 26 heavy (non-hydrogen) atoms.